The summed E-state index contributed by atoms with van der Waals surface area (Å²) in [6, 6.07) is 2.84. The van der Waals surface area contributed by atoms with Gasteiger partial charge in [0.15, 0.2) is 5.82 Å². The highest BCUT2D eigenvalue weighted by molar-refractivity contribution is 6.38. The molecule has 2 heterocycles. The van der Waals surface area contributed by atoms with Gasteiger partial charge in [-0.25, -0.2) is 37.7 Å². The van der Waals surface area contributed by atoms with Crippen molar-refractivity contribution < 1.29 is 32.2 Å². The Morgan fingerprint density at radius 1 is 0.932 bits per heavy atom. The lowest BCUT2D eigenvalue weighted by Gasteiger charge is -2.25. The monoisotopic (exact) mass is 640 g/mol. The Bertz CT molecular complexity index is 1750. The fraction of sp³-hybridized carbons (Fsp3) is 0.429. The Labute approximate surface area is 254 Å². The lowest BCUT2D eigenvalue weighted by atomic mass is 10.2. The van der Waals surface area contributed by atoms with Crippen molar-refractivity contribution in [2.45, 2.75) is 65.2 Å². The van der Waals surface area contributed by atoms with Crippen molar-refractivity contribution in [3.63, 3.8) is 0 Å². The maximum Gasteiger partial charge on any atom is 0.427 e. The number of carbonyl (C=O) groups is 2. The molecule has 0 bridgehead atoms. The summed E-state index contributed by atoms with van der Waals surface area (Å²) in [4.78, 5) is 53.3. The van der Waals surface area contributed by atoms with Crippen molar-refractivity contribution in [3.05, 3.63) is 67.6 Å². The maximum atomic E-state index is 15.7. The summed E-state index contributed by atoms with van der Waals surface area (Å²) in [5.41, 5.74) is -0.651. The molecule has 1 fully saturated rings. The molecule has 3 aromatic rings. The summed E-state index contributed by atoms with van der Waals surface area (Å²) >= 11 is 6.69. The van der Waals surface area contributed by atoms with E-state index in [-0.39, 0.29) is 29.0 Å². The number of hydrogen-bond donors (Lipinski definition) is 3. The van der Waals surface area contributed by atoms with Crippen molar-refractivity contribution in [1.29, 1.82) is 0 Å². The van der Waals surface area contributed by atoms with Crippen molar-refractivity contribution in [2.24, 2.45) is 0 Å². The molecule has 2 aromatic carbocycles. The number of carbonyl (C=O) groups excluding carboxylic acids is 2. The number of alkyl carbamates (subject to hydrolysis) is 1. The van der Waals surface area contributed by atoms with Crippen LogP contribution in [0.25, 0.3) is 10.9 Å². The molecule has 1 aromatic heterocycles. The first kappa shape index (κ1) is 32.5. The van der Waals surface area contributed by atoms with Crippen LogP contribution in [-0.4, -0.2) is 51.9 Å². The molecule has 44 heavy (non-hydrogen) atoms. The fourth-order valence-electron chi connectivity index (χ4n) is 4.52. The summed E-state index contributed by atoms with van der Waals surface area (Å²) < 4.78 is 55.2. The van der Waals surface area contributed by atoms with E-state index in [1.165, 1.54) is 4.90 Å². The number of aromatic nitrogens is 2. The molecule has 16 heteroatoms. The Morgan fingerprint density at radius 2 is 1.57 bits per heavy atom. The van der Waals surface area contributed by atoms with Crippen molar-refractivity contribution in [3.8, 4) is 0 Å². The minimum Gasteiger partial charge on any atom is -0.444 e. The molecule has 1 saturated heterocycles. The number of ether oxygens (including phenoxy) is 2. The normalized spacial score (nSPS) is 15.3. The van der Waals surface area contributed by atoms with Crippen molar-refractivity contribution >= 4 is 46.1 Å². The Hall–Kier alpha value is -4.40. The molecule has 4 rings (SSSR count). The molecule has 0 aliphatic carbocycles. The predicted octanol–water partition coefficient (Wildman–Crippen LogP) is 4.69. The summed E-state index contributed by atoms with van der Waals surface area (Å²) in [6.45, 7) is 10.1. The van der Waals surface area contributed by atoms with Crippen LogP contribution >= 0.6 is 11.6 Å². The van der Waals surface area contributed by atoms with Crippen LogP contribution in [0.4, 0.5) is 34.1 Å². The topological polar surface area (TPSA) is 136 Å². The minimum atomic E-state index is -1.26. The zero-order valence-electron chi connectivity index (χ0n) is 24.8. The maximum absolute atomic E-state index is 15.7. The Balaban J connectivity index is 1.83. The second-order valence-electron chi connectivity index (χ2n) is 12.1. The molecule has 0 spiro atoms. The molecule has 3 N–H and O–H groups in total. The SMILES string of the molecule is CC(C)(C)OC(=O)N[C@H]1CCN(c2c(F)cc3c(=O)n(NC(=O)OC(C)(C)C)c(=O)n(Nc4ccc(F)cc4F)c3c2Cl)C1. The van der Waals surface area contributed by atoms with E-state index in [0.29, 0.717) is 17.2 Å². The molecular weight excluding hydrogens is 609 g/mol. The van der Waals surface area contributed by atoms with Crippen LogP contribution in [0.2, 0.25) is 5.02 Å². The van der Waals surface area contributed by atoms with Crippen LogP contribution in [0, 0.1) is 17.5 Å². The van der Waals surface area contributed by atoms with Gasteiger partial charge < -0.3 is 19.7 Å². The first-order valence-corrected chi connectivity index (χ1v) is 13.9. The van der Waals surface area contributed by atoms with Crippen molar-refractivity contribution in [2.75, 3.05) is 28.8 Å². The number of fused-ring (bicyclic) bond motifs is 1. The van der Waals surface area contributed by atoms with Gasteiger partial charge in [-0.1, -0.05) is 11.6 Å². The third kappa shape index (κ3) is 7.21. The molecule has 1 aliphatic rings. The number of nitrogens with one attached hydrogen (secondary N) is 3. The van der Waals surface area contributed by atoms with E-state index in [4.69, 9.17) is 21.1 Å². The standard InChI is InChI=1S/C28H32ClF3N6O6/c1-27(2,3)43-24(40)33-15-9-10-36(13-15)22-18(32)12-16-21(20(22)29)37(34-19-8-7-14(30)11-17(19)31)26(42)38(23(16)39)35-25(41)44-28(4,5)6/h7-8,11-12,15,34H,9-10,13H2,1-6H3,(H,33,40)(H,35,41)/t15-/m0/s1. The third-order valence-electron chi connectivity index (χ3n) is 6.20. The summed E-state index contributed by atoms with van der Waals surface area (Å²) in [6.07, 6.45) is -1.45. The molecule has 1 atom stereocenters. The number of benzene rings is 2. The smallest absolute Gasteiger partial charge is 0.427 e. The van der Waals surface area contributed by atoms with Gasteiger partial charge in [0.25, 0.3) is 5.56 Å². The minimum absolute atomic E-state index is 0.100. The zero-order valence-corrected chi connectivity index (χ0v) is 25.6. The second kappa shape index (κ2) is 11.9. The van der Waals surface area contributed by atoms with E-state index in [9.17, 15) is 28.0 Å². The average molecular weight is 641 g/mol. The molecule has 0 saturated carbocycles. The molecule has 1 aliphatic heterocycles. The van der Waals surface area contributed by atoms with Crippen LogP contribution in [0.5, 0.6) is 0 Å². The Morgan fingerprint density at radius 3 is 2.18 bits per heavy atom. The van der Waals surface area contributed by atoms with Gasteiger partial charge in [-0.3, -0.25) is 10.2 Å². The van der Waals surface area contributed by atoms with Gasteiger partial charge in [-0.15, -0.1) is 0 Å². The van der Waals surface area contributed by atoms with E-state index in [1.807, 2.05) is 5.43 Å². The summed E-state index contributed by atoms with van der Waals surface area (Å²) in [5, 5.41) is 1.85. The van der Waals surface area contributed by atoms with E-state index in [2.05, 4.69) is 10.7 Å². The van der Waals surface area contributed by atoms with Gasteiger partial charge in [0.1, 0.15) is 28.4 Å². The van der Waals surface area contributed by atoms with Gasteiger partial charge in [-0.05, 0) is 66.2 Å². The first-order chi connectivity index (χ1) is 20.3. The van der Waals surface area contributed by atoms with Crippen LogP contribution in [0.1, 0.15) is 48.0 Å². The summed E-state index contributed by atoms with van der Waals surface area (Å²) in [7, 11) is 0. The van der Waals surface area contributed by atoms with Crippen LogP contribution in [0.15, 0.2) is 33.9 Å². The molecule has 238 valence electrons. The zero-order chi connectivity index (χ0) is 32.7. The number of nitrogens with zero attached hydrogens (tertiary/aromatic N) is 3. The van der Waals surface area contributed by atoms with Crippen molar-refractivity contribution in [1.82, 2.24) is 14.7 Å². The average Bonchev–Trinajstić information content (AvgIpc) is 3.31. The Kier molecular flexibility index (Phi) is 8.82. The predicted molar refractivity (Wildman–Crippen MR) is 158 cm³/mol. The largest absolute Gasteiger partial charge is 0.444 e. The van der Waals surface area contributed by atoms with Gasteiger partial charge in [-0.2, -0.15) is 4.68 Å². The number of rotatable bonds is 5. The highest BCUT2D eigenvalue weighted by atomic mass is 35.5. The number of halogens is 4. The van der Waals surface area contributed by atoms with Crippen LogP contribution in [0.3, 0.4) is 0 Å². The van der Waals surface area contributed by atoms with E-state index < -0.39 is 74.2 Å². The van der Waals surface area contributed by atoms with E-state index >= 15 is 4.39 Å². The van der Waals surface area contributed by atoms with Crippen LogP contribution < -0.4 is 32.3 Å². The molecule has 0 unspecified atom stereocenters. The quantitative estimate of drug-likeness (QED) is 0.366. The van der Waals surface area contributed by atoms with Gasteiger partial charge in [0.2, 0.25) is 0 Å². The highest BCUT2D eigenvalue weighted by Crippen LogP contribution is 2.36. The second-order valence-corrected chi connectivity index (χ2v) is 12.5. The lowest BCUT2D eigenvalue weighted by Crippen LogP contribution is -2.49. The third-order valence-corrected chi connectivity index (χ3v) is 6.56. The molecule has 0 radical (unpaired) electrons. The van der Waals surface area contributed by atoms with Gasteiger partial charge in [0.05, 0.1) is 27.8 Å². The fourth-order valence-corrected chi connectivity index (χ4v) is 4.92. The van der Waals surface area contributed by atoms with Crippen LogP contribution in [-0.2, 0) is 9.47 Å². The molecule has 12 nitrogen and oxygen atoms in total. The lowest BCUT2D eigenvalue weighted by molar-refractivity contribution is 0.0507. The molecular formula is C28H32ClF3N6O6. The number of amides is 2. The van der Waals surface area contributed by atoms with Gasteiger partial charge >= 0.3 is 17.9 Å². The van der Waals surface area contributed by atoms with E-state index in [0.717, 1.165) is 18.2 Å². The molecule has 2 amide bonds. The number of anilines is 2. The van der Waals surface area contributed by atoms with Gasteiger partial charge in [0, 0.05) is 19.2 Å². The number of hydrogen-bond acceptors (Lipinski definition) is 8. The van der Waals surface area contributed by atoms with E-state index in [1.54, 1.807) is 41.5 Å². The highest BCUT2D eigenvalue weighted by Gasteiger charge is 2.31. The first-order valence-electron chi connectivity index (χ1n) is 13.5. The summed E-state index contributed by atoms with van der Waals surface area (Å²) in [5.74, 6) is -2.94.